The van der Waals surface area contributed by atoms with Crippen molar-refractivity contribution in [3.63, 3.8) is 0 Å². The Bertz CT molecular complexity index is 4190. The predicted molar refractivity (Wildman–Crippen MR) is 292 cm³/mol. The maximum Gasteiger partial charge on any atom is 0.0726 e. The monoisotopic (exact) mass is 889 g/mol. The van der Waals surface area contributed by atoms with Gasteiger partial charge in [-0.1, -0.05) is 188 Å². The molecule has 326 valence electrons. The van der Waals surface area contributed by atoms with Gasteiger partial charge in [0.1, 0.15) is 0 Å². The second-order valence-corrected chi connectivity index (χ2v) is 18.7. The summed E-state index contributed by atoms with van der Waals surface area (Å²) in [4.78, 5) is 2.58. The normalized spacial score (nSPS) is 13.0. The van der Waals surface area contributed by atoms with Crippen LogP contribution in [0.4, 0.5) is 17.1 Å². The van der Waals surface area contributed by atoms with Gasteiger partial charge in [-0.15, -0.1) is 0 Å². The Balaban J connectivity index is 1.03. The average molecular weight is 890 g/mol. The van der Waals surface area contributed by atoms with Gasteiger partial charge in [-0.25, -0.2) is 0 Å². The van der Waals surface area contributed by atoms with Crippen LogP contribution < -0.4 is 4.90 Å². The molecule has 2 aliphatic rings. The van der Waals surface area contributed by atoms with Crippen LogP contribution in [-0.4, -0.2) is 9.13 Å². The molecule has 0 amide bonds. The third kappa shape index (κ3) is 5.29. The van der Waals surface area contributed by atoms with Crippen molar-refractivity contribution in [2.75, 3.05) is 4.90 Å². The highest BCUT2D eigenvalue weighted by atomic mass is 15.2. The van der Waals surface area contributed by atoms with E-state index in [2.05, 4.69) is 275 Å². The van der Waals surface area contributed by atoms with Crippen LogP contribution in [0.2, 0.25) is 0 Å². The minimum absolute atomic E-state index is 0.483. The molecule has 0 unspecified atom stereocenters. The quantitative estimate of drug-likeness (QED) is 0.162. The van der Waals surface area contributed by atoms with Crippen LogP contribution in [0.3, 0.4) is 0 Å². The fourth-order valence-corrected chi connectivity index (χ4v) is 12.6. The average Bonchev–Trinajstić information content (AvgIpc) is 4.14. The molecule has 0 aliphatic heterocycles. The van der Waals surface area contributed by atoms with Crippen molar-refractivity contribution >= 4 is 60.7 Å². The summed E-state index contributed by atoms with van der Waals surface area (Å²) in [5.41, 5.74) is 22.7. The molecule has 13 aromatic rings. The van der Waals surface area contributed by atoms with Crippen LogP contribution in [0, 0.1) is 0 Å². The van der Waals surface area contributed by atoms with Gasteiger partial charge in [0, 0.05) is 44.2 Å². The molecule has 3 heteroatoms. The van der Waals surface area contributed by atoms with Crippen molar-refractivity contribution in [2.45, 2.75) is 5.41 Å². The van der Waals surface area contributed by atoms with Crippen molar-refractivity contribution in [1.82, 2.24) is 9.13 Å². The van der Waals surface area contributed by atoms with Gasteiger partial charge in [0.05, 0.1) is 38.9 Å². The molecule has 0 bridgehead atoms. The van der Waals surface area contributed by atoms with E-state index in [0.717, 1.165) is 39.5 Å². The lowest BCUT2D eigenvalue weighted by Gasteiger charge is -2.32. The topological polar surface area (TPSA) is 13.1 Å². The molecule has 2 aliphatic carbocycles. The molecule has 2 heterocycles. The molecule has 0 saturated heterocycles. The Morgan fingerprint density at radius 1 is 0.300 bits per heavy atom. The number of hydrogen-bond donors (Lipinski definition) is 0. The van der Waals surface area contributed by atoms with Gasteiger partial charge >= 0.3 is 0 Å². The zero-order valence-electron chi connectivity index (χ0n) is 38.2. The summed E-state index contributed by atoms with van der Waals surface area (Å²) in [6.07, 6.45) is 0. The van der Waals surface area contributed by atoms with Crippen LogP contribution in [0.25, 0.3) is 88.4 Å². The van der Waals surface area contributed by atoms with E-state index in [1.807, 2.05) is 0 Å². The Morgan fingerprint density at radius 2 is 0.786 bits per heavy atom. The van der Waals surface area contributed by atoms with E-state index in [9.17, 15) is 0 Å². The molecule has 11 aromatic carbocycles. The lowest BCUT2D eigenvalue weighted by atomic mass is 9.70. The summed E-state index contributed by atoms with van der Waals surface area (Å²) in [7, 11) is 0. The van der Waals surface area contributed by atoms with E-state index in [4.69, 9.17) is 0 Å². The van der Waals surface area contributed by atoms with Crippen LogP contribution >= 0.6 is 0 Å². The van der Waals surface area contributed by atoms with Gasteiger partial charge in [-0.3, -0.25) is 0 Å². The third-order valence-electron chi connectivity index (χ3n) is 15.3. The lowest BCUT2D eigenvalue weighted by molar-refractivity contribution is 0.794. The van der Waals surface area contributed by atoms with Gasteiger partial charge in [0.15, 0.2) is 0 Å². The Morgan fingerprint density at radius 3 is 1.51 bits per heavy atom. The number of aromatic nitrogens is 2. The molecule has 0 N–H and O–H groups in total. The van der Waals surface area contributed by atoms with Gasteiger partial charge < -0.3 is 14.0 Å². The molecule has 0 saturated carbocycles. The van der Waals surface area contributed by atoms with E-state index in [0.29, 0.717) is 0 Å². The van der Waals surface area contributed by atoms with Crippen LogP contribution in [0.15, 0.2) is 261 Å². The Kier molecular flexibility index (Phi) is 8.28. The number of para-hydroxylation sites is 3. The summed E-state index contributed by atoms with van der Waals surface area (Å²) in [6, 6.07) is 96.6. The minimum Gasteiger partial charge on any atom is -0.309 e. The second kappa shape index (κ2) is 14.9. The highest BCUT2D eigenvalue weighted by Crippen LogP contribution is 2.65. The standard InChI is InChI=1S/C67H43N3/c1-3-19-44(20-4-1)45-37-39-47(40-38-45)68-59-32-15-10-25-51(59)54-43-48(41-42-61(54)68)70(64-36-18-35-63-66(64)53-27-11-16-33-60(53)69(63)46-21-5-2-6-22-46)62-34-17-31-58-65(62)52-26-9-14-30-57(52)67(58)55-28-12-7-23-49(55)50-24-8-13-29-56(50)67/h1-43H. The highest BCUT2D eigenvalue weighted by molar-refractivity contribution is 6.18. The molecular weight excluding hydrogens is 847 g/mol. The number of rotatable bonds is 6. The highest BCUT2D eigenvalue weighted by Gasteiger charge is 2.52. The number of hydrogen-bond acceptors (Lipinski definition) is 1. The van der Waals surface area contributed by atoms with Crippen LogP contribution in [0.5, 0.6) is 0 Å². The fraction of sp³-hybridized carbons (Fsp3) is 0.0149. The third-order valence-corrected chi connectivity index (χ3v) is 15.3. The number of benzene rings is 11. The summed E-state index contributed by atoms with van der Waals surface area (Å²) in [6.45, 7) is 0. The van der Waals surface area contributed by atoms with Gasteiger partial charge in [0.25, 0.3) is 0 Å². The minimum atomic E-state index is -0.483. The largest absolute Gasteiger partial charge is 0.309 e. The smallest absolute Gasteiger partial charge is 0.0726 e. The number of fused-ring (bicyclic) bond motifs is 16. The van der Waals surface area contributed by atoms with Crippen molar-refractivity contribution in [3.05, 3.63) is 283 Å². The van der Waals surface area contributed by atoms with Crippen molar-refractivity contribution in [2.24, 2.45) is 0 Å². The fourth-order valence-electron chi connectivity index (χ4n) is 12.6. The molecule has 15 rings (SSSR count). The molecule has 1 spiro atoms. The first kappa shape index (κ1) is 38.9. The predicted octanol–water partition coefficient (Wildman–Crippen LogP) is 17.4. The molecule has 2 aromatic heterocycles. The SMILES string of the molecule is c1ccc(-c2ccc(-n3c4ccccc4c4cc(N(c5cccc6c5-c5ccccc5C65c6ccccc6-c6ccccc65)c5cccc6c5c5ccccc5n6-c5ccccc5)ccc43)cc2)cc1. The zero-order valence-corrected chi connectivity index (χ0v) is 38.2. The second-order valence-electron chi connectivity index (χ2n) is 18.7. The van der Waals surface area contributed by atoms with Crippen LogP contribution in [0.1, 0.15) is 22.3 Å². The van der Waals surface area contributed by atoms with E-state index < -0.39 is 5.41 Å². The first-order valence-electron chi connectivity index (χ1n) is 24.3. The molecule has 3 nitrogen and oxygen atoms in total. The van der Waals surface area contributed by atoms with E-state index >= 15 is 0 Å². The number of nitrogens with zero attached hydrogens (tertiary/aromatic N) is 3. The Hall–Kier alpha value is -9.18. The first-order valence-corrected chi connectivity index (χ1v) is 24.3. The van der Waals surface area contributed by atoms with Crippen molar-refractivity contribution in [1.29, 1.82) is 0 Å². The van der Waals surface area contributed by atoms with Gasteiger partial charge in [0.2, 0.25) is 0 Å². The maximum atomic E-state index is 2.58. The molecular formula is C67H43N3. The lowest BCUT2D eigenvalue weighted by Crippen LogP contribution is -2.26. The van der Waals surface area contributed by atoms with E-state index in [1.165, 1.54) is 88.2 Å². The molecule has 0 radical (unpaired) electrons. The van der Waals surface area contributed by atoms with Crippen LogP contribution in [-0.2, 0) is 5.41 Å². The zero-order chi connectivity index (χ0) is 45.9. The maximum absolute atomic E-state index is 2.58. The summed E-state index contributed by atoms with van der Waals surface area (Å²) in [5, 5.41) is 4.83. The van der Waals surface area contributed by atoms with Gasteiger partial charge in [-0.2, -0.15) is 0 Å². The van der Waals surface area contributed by atoms with Crippen molar-refractivity contribution < 1.29 is 0 Å². The molecule has 70 heavy (non-hydrogen) atoms. The van der Waals surface area contributed by atoms with E-state index in [-0.39, 0.29) is 0 Å². The van der Waals surface area contributed by atoms with Gasteiger partial charge in [-0.05, 0) is 123 Å². The summed E-state index contributed by atoms with van der Waals surface area (Å²) >= 11 is 0. The van der Waals surface area contributed by atoms with Crippen molar-refractivity contribution in [3.8, 4) is 44.8 Å². The molecule has 0 atom stereocenters. The summed E-state index contributed by atoms with van der Waals surface area (Å²) < 4.78 is 4.86. The van der Waals surface area contributed by atoms with E-state index in [1.54, 1.807) is 0 Å². The molecule has 0 fully saturated rings. The summed E-state index contributed by atoms with van der Waals surface area (Å²) in [5.74, 6) is 0. The Labute approximate surface area is 406 Å². The number of anilines is 3. The first-order chi connectivity index (χ1) is 34.8.